The smallest absolute Gasteiger partial charge is 0.270 e. The maximum absolute atomic E-state index is 12.4. The van der Waals surface area contributed by atoms with E-state index in [1.165, 1.54) is 23.1 Å². The van der Waals surface area contributed by atoms with E-state index in [0.717, 1.165) is 6.29 Å². The second-order valence-corrected chi connectivity index (χ2v) is 5.31. The Labute approximate surface area is 142 Å². The number of benzene rings is 2. The van der Waals surface area contributed by atoms with Crippen molar-refractivity contribution in [1.29, 1.82) is 0 Å². The van der Waals surface area contributed by atoms with Gasteiger partial charge in [-0.15, -0.1) is 0 Å². The summed E-state index contributed by atoms with van der Waals surface area (Å²) >= 11 is 0. The van der Waals surface area contributed by atoms with Crippen molar-refractivity contribution in [2.45, 2.75) is 0 Å². The summed E-state index contributed by atoms with van der Waals surface area (Å²) in [6.45, 7) is 0.535. The average molecular weight is 342 g/mol. The molecule has 25 heavy (non-hydrogen) atoms. The molecule has 0 aliphatic carbocycles. The van der Waals surface area contributed by atoms with Gasteiger partial charge in [0.15, 0.2) is 6.73 Å². The first-order chi connectivity index (χ1) is 12.1. The third kappa shape index (κ3) is 3.57. The molecule has 0 spiro atoms. The van der Waals surface area contributed by atoms with Crippen molar-refractivity contribution >= 4 is 17.9 Å². The molecule has 2 aromatic carbocycles. The maximum Gasteiger partial charge on any atom is 0.270 e. The minimum Gasteiger partial charge on any atom is -0.492 e. The summed E-state index contributed by atoms with van der Waals surface area (Å²) in [5.41, 5.74) is 0.546. The SMILES string of the molecule is O=Cc1ccc(OCCN2COc3ccc([N+](=O)[O-])cc3C2=O)cc1. The highest BCUT2D eigenvalue weighted by Crippen LogP contribution is 2.28. The molecule has 0 saturated carbocycles. The van der Waals surface area contributed by atoms with Crippen molar-refractivity contribution < 1.29 is 24.0 Å². The van der Waals surface area contributed by atoms with Gasteiger partial charge in [0.25, 0.3) is 11.6 Å². The molecule has 0 aromatic heterocycles. The zero-order chi connectivity index (χ0) is 17.8. The van der Waals surface area contributed by atoms with Gasteiger partial charge in [-0.1, -0.05) is 0 Å². The number of aldehydes is 1. The summed E-state index contributed by atoms with van der Waals surface area (Å²) in [5, 5.41) is 10.8. The molecular weight excluding hydrogens is 328 g/mol. The predicted octanol–water partition coefficient (Wildman–Crippen LogP) is 2.28. The van der Waals surface area contributed by atoms with E-state index in [9.17, 15) is 19.7 Å². The van der Waals surface area contributed by atoms with E-state index < -0.39 is 4.92 Å². The van der Waals surface area contributed by atoms with Crippen LogP contribution in [0, 0.1) is 10.1 Å². The van der Waals surface area contributed by atoms with Gasteiger partial charge in [-0.25, -0.2) is 0 Å². The van der Waals surface area contributed by atoms with Gasteiger partial charge >= 0.3 is 0 Å². The topological polar surface area (TPSA) is 99.0 Å². The van der Waals surface area contributed by atoms with Gasteiger partial charge in [-0.2, -0.15) is 0 Å². The first-order valence-corrected chi connectivity index (χ1v) is 7.47. The van der Waals surface area contributed by atoms with Crippen LogP contribution in [0.3, 0.4) is 0 Å². The Hall–Kier alpha value is -3.42. The second kappa shape index (κ2) is 7.00. The molecule has 8 heteroatoms. The van der Waals surface area contributed by atoms with E-state index >= 15 is 0 Å². The number of nitro benzene ring substituents is 1. The van der Waals surface area contributed by atoms with Crippen molar-refractivity contribution in [3.63, 3.8) is 0 Å². The Morgan fingerprint density at radius 3 is 2.68 bits per heavy atom. The molecule has 0 radical (unpaired) electrons. The van der Waals surface area contributed by atoms with Gasteiger partial charge in [0.2, 0.25) is 0 Å². The molecule has 8 nitrogen and oxygen atoms in total. The first kappa shape index (κ1) is 16.4. The lowest BCUT2D eigenvalue weighted by Crippen LogP contribution is -2.41. The lowest BCUT2D eigenvalue weighted by atomic mass is 10.1. The summed E-state index contributed by atoms with van der Waals surface area (Å²) in [4.78, 5) is 34.7. The van der Waals surface area contributed by atoms with Crippen molar-refractivity contribution in [3.8, 4) is 11.5 Å². The van der Waals surface area contributed by atoms with E-state index in [0.29, 0.717) is 17.1 Å². The minimum atomic E-state index is -0.557. The highest BCUT2D eigenvalue weighted by Gasteiger charge is 2.27. The molecule has 1 amide bonds. The molecule has 0 N–H and O–H groups in total. The number of rotatable bonds is 6. The fraction of sp³-hybridized carbons (Fsp3) is 0.176. The van der Waals surface area contributed by atoms with E-state index in [-0.39, 0.29) is 37.0 Å². The Kier molecular flexibility index (Phi) is 4.60. The van der Waals surface area contributed by atoms with Crippen molar-refractivity contribution in [2.24, 2.45) is 0 Å². The molecular formula is C17H14N2O6. The molecule has 1 aliphatic heterocycles. The number of carbonyl (C=O) groups is 2. The van der Waals surface area contributed by atoms with Crippen LogP contribution in [0.15, 0.2) is 42.5 Å². The Morgan fingerprint density at radius 2 is 2.00 bits per heavy atom. The third-order valence-corrected chi connectivity index (χ3v) is 3.71. The second-order valence-electron chi connectivity index (χ2n) is 5.31. The maximum atomic E-state index is 12.4. The highest BCUT2D eigenvalue weighted by atomic mass is 16.6. The van der Waals surface area contributed by atoms with Crippen LogP contribution in [0.1, 0.15) is 20.7 Å². The van der Waals surface area contributed by atoms with Crippen LogP contribution >= 0.6 is 0 Å². The van der Waals surface area contributed by atoms with Gasteiger partial charge in [0.1, 0.15) is 24.4 Å². The molecule has 0 unspecified atom stereocenters. The molecule has 3 rings (SSSR count). The molecule has 2 aromatic rings. The monoisotopic (exact) mass is 342 g/mol. The van der Waals surface area contributed by atoms with Crippen LogP contribution in [0.2, 0.25) is 0 Å². The Morgan fingerprint density at radius 1 is 1.24 bits per heavy atom. The van der Waals surface area contributed by atoms with E-state index in [1.807, 2.05) is 0 Å². The lowest BCUT2D eigenvalue weighted by molar-refractivity contribution is -0.384. The van der Waals surface area contributed by atoms with Crippen LogP contribution in [0.25, 0.3) is 0 Å². The number of fused-ring (bicyclic) bond motifs is 1. The van der Waals surface area contributed by atoms with Gasteiger partial charge in [0, 0.05) is 17.7 Å². The van der Waals surface area contributed by atoms with E-state index in [1.54, 1.807) is 24.3 Å². The highest BCUT2D eigenvalue weighted by molar-refractivity contribution is 5.98. The number of hydrogen-bond acceptors (Lipinski definition) is 6. The minimum absolute atomic E-state index is 0.0527. The summed E-state index contributed by atoms with van der Waals surface area (Å²) in [6.07, 6.45) is 0.740. The van der Waals surface area contributed by atoms with E-state index in [2.05, 4.69) is 0 Å². The first-order valence-electron chi connectivity index (χ1n) is 7.47. The Bertz CT molecular complexity index is 818. The number of carbonyl (C=O) groups excluding carboxylic acids is 2. The zero-order valence-electron chi connectivity index (χ0n) is 13.1. The zero-order valence-corrected chi connectivity index (χ0v) is 13.1. The number of hydrogen-bond donors (Lipinski definition) is 0. The summed E-state index contributed by atoms with van der Waals surface area (Å²) in [6, 6.07) is 10.5. The van der Waals surface area contributed by atoms with Crippen LogP contribution in [0.4, 0.5) is 5.69 Å². The fourth-order valence-electron chi connectivity index (χ4n) is 2.38. The van der Waals surface area contributed by atoms with Gasteiger partial charge in [-0.3, -0.25) is 19.7 Å². The largest absolute Gasteiger partial charge is 0.492 e. The predicted molar refractivity (Wildman–Crippen MR) is 87.0 cm³/mol. The van der Waals surface area contributed by atoms with E-state index in [4.69, 9.17) is 9.47 Å². The van der Waals surface area contributed by atoms with Crippen molar-refractivity contribution in [1.82, 2.24) is 4.90 Å². The molecule has 0 saturated heterocycles. The summed E-state index contributed by atoms with van der Waals surface area (Å²) in [7, 11) is 0. The number of ether oxygens (including phenoxy) is 2. The Balaban J connectivity index is 1.62. The molecule has 1 heterocycles. The normalized spacial score (nSPS) is 13.0. The van der Waals surface area contributed by atoms with Crippen LogP contribution in [0.5, 0.6) is 11.5 Å². The standard InChI is InChI=1S/C17H14N2O6/c20-10-12-1-4-14(5-2-12)24-8-7-18-11-25-16-6-3-13(19(22)23)9-15(16)17(18)21/h1-6,9-10H,7-8,11H2. The van der Waals surface area contributed by atoms with Crippen molar-refractivity contribution in [3.05, 3.63) is 63.7 Å². The van der Waals surface area contributed by atoms with Gasteiger partial charge in [-0.05, 0) is 30.3 Å². The van der Waals surface area contributed by atoms with Gasteiger partial charge in [0.05, 0.1) is 17.0 Å². The van der Waals surface area contributed by atoms with Crippen LogP contribution < -0.4 is 9.47 Å². The average Bonchev–Trinajstić information content (AvgIpc) is 2.64. The van der Waals surface area contributed by atoms with Crippen molar-refractivity contribution in [2.75, 3.05) is 19.9 Å². The lowest BCUT2D eigenvalue weighted by Gasteiger charge is -2.28. The summed E-state index contributed by atoms with van der Waals surface area (Å²) in [5.74, 6) is 0.564. The fourth-order valence-corrected chi connectivity index (χ4v) is 2.38. The molecule has 1 aliphatic rings. The summed E-state index contributed by atoms with van der Waals surface area (Å²) < 4.78 is 11.0. The third-order valence-electron chi connectivity index (χ3n) is 3.71. The molecule has 0 fully saturated rings. The number of non-ortho nitro benzene ring substituents is 1. The van der Waals surface area contributed by atoms with Crippen LogP contribution in [-0.4, -0.2) is 41.9 Å². The molecule has 0 bridgehead atoms. The number of amides is 1. The van der Waals surface area contributed by atoms with Crippen LogP contribution in [-0.2, 0) is 0 Å². The molecule has 128 valence electrons. The number of nitrogens with zero attached hydrogens (tertiary/aromatic N) is 2. The number of nitro groups is 1. The van der Waals surface area contributed by atoms with Gasteiger partial charge < -0.3 is 14.4 Å². The quantitative estimate of drug-likeness (QED) is 0.454. The molecule has 0 atom stereocenters.